The summed E-state index contributed by atoms with van der Waals surface area (Å²) in [6.07, 6.45) is -0.253. The number of hydrogen-bond acceptors (Lipinski definition) is 5. The van der Waals surface area contributed by atoms with Crippen molar-refractivity contribution in [1.82, 2.24) is 10.6 Å². The first kappa shape index (κ1) is 23.8. The van der Waals surface area contributed by atoms with E-state index in [1.165, 1.54) is 0 Å². The third-order valence-corrected chi connectivity index (χ3v) is 6.69. The van der Waals surface area contributed by atoms with E-state index in [0.717, 1.165) is 22.3 Å². The Bertz CT molecular complexity index is 1030. The second-order valence-corrected chi connectivity index (χ2v) is 9.18. The first-order chi connectivity index (χ1) is 16.3. The molecule has 0 saturated carbocycles. The Labute approximate surface area is 198 Å². The molecule has 34 heavy (non-hydrogen) atoms. The second kappa shape index (κ2) is 9.85. The first-order valence-electron chi connectivity index (χ1n) is 11.6. The van der Waals surface area contributed by atoms with Crippen molar-refractivity contribution in [3.63, 3.8) is 0 Å². The van der Waals surface area contributed by atoms with Gasteiger partial charge in [-0.3, -0.25) is 4.79 Å². The Morgan fingerprint density at radius 3 is 2.12 bits per heavy atom. The predicted molar refractivity (Wildman–Crippen MR) is 125 cm³/mol. The van der Waals surface area contributed by atoms with Crippen LogP contribution in [-0.4, -0.2) is 54.5 Å². The molecule has 0 radical (unpaired) electrons. The van der Waals surface area contributed by atoms with Crippen LogP contribution in [0, 0.1) is 5.92 Å². The number of carboxylic acid groups (broad SMARTS) is 1. The van der Waals surface area contributed by atoms with Crippen molar-refractivity contribution in [2.45, 2.75) is 44.2 Å². The summed E-state index contributed by atoms with van der Waals surface area (Å²) in [5.41, 5.74) is 3.15. The number of carbonyl (C=O) groups excluding carboxylic acids is 2. The molecular weight excluding hydrogens is 436 g/mol. The highest BCUT2D eigenvalue weighted by atomic mass is 16.5. The van der Waals surface area contributed by atoms with Crippen molar-refractivity contribution < 1.29 is 29.0 Å². The van der Waals surface area contributed by atoms with E-state index in [-0.39, 0.29) is 44.5 Å². The van der Waals surface area contributed by atoms with Crippen LogP contribution < -0.4 is 10.6 Å². The zero-order chi connectivity index (χ0) is 24.3. The maximum Gasteiger partial charge on any atom is 0.408 e. The van der Waals surface area contributed by atoms with Gasteiger partial charge in [0.25, 0.3) is 0 Å². The topological polar surface area (TPSA) is 114 Å². The van der Waals surface area contributed by atoms with Gasteiger partial charge in [-0.25, -0.2) is 9.59 Å². The lowest BCUT2D eigenvalue weighted by molar-refractivity contribution is -0.145. The van der Waals surface area contributed by atoms with Gasteiger partial charge < -0.3 is 25.2 Å². The molecule has 2 aromatic carbocycles. The molecule has 3 N–H and O–H groups in total. The first-order valence-corrected chi connectivity index (χ1v) is 11.6. The Balaban J connectivity index is 1.47. The normalized spacial score (nSPS) is 17.4. The lowest BCUT2D eigenvalue weighted by Crippen LogP contribution is -2.63. The molecule has 1 unspecified atom stereocenters. The zero-order valence-electron chi connectivity index (χ0n) is 19.4. The number of ether oxygens (including phenoxy) is 2. The molecule has 1 atom stereocenters. The van der Waals surface area contributed by atoms with Crippen molar-refractivity contribution >= 4 is 18.0 Å². The molecule has 2 aromatic rings. The minimum atomic E-state index is -1.29. The number of benzene rings is 2. The van der Waals surface area contributed by atoms with E-state index in [0.29, 0.717) is 0 Å². The van der Waals surface area contributed by atoms with E-state index >= 15 is 0 Å². The van der Waals surface area contributed by atoms with Crippen LogP contribution in [0.1, 0.15) is 43.7 Å². The fraction of sp³-hybridized carbons (Fsp3) is 0.423. The number of aliphatic carboxylic acids is 1. The van der Waals surface area contributed by atoms with Gasteiger partial charge in [-0.1, -0.05) is 62.4 Å². The van der Waals surface area contributed by atoms with Crippen LogP contribution in [0.2, 0.25) is 0 Å². The van der Waals surface area contributed by atoms with Crippen LogP contribution in [0.4, 0.5) is 4.79 Å². The third kappa shape index (κ3) is 4.63. The molecule has 1 aliphatic carbocycles. The average Bonchev–Trinajstić information content (AvgIpc) is 3.15. The molecule has 1 fully saturated rings. The largest absolute Gasteiger partial charge is 0.480 e. The van der Waals surface area contributed by atoms with Gasteiger partial charge in [-0.15, -0.1) is 0 Å². The Hall–Kier alpha value is -3.39. The van der Waals surface area contributed by atoms with Crippen LogP contribution in [0.5, 0.6) is 0 Å². The molecule has 1 heterocycles. The highest BCUT2D eigenvalue weighted by molar-refractivity contribution is 5.93. The Morgan fingerprint density at radius 2 is 1.59 bits per heavy atom. The third-order valence-electron chi connectivity index (χ3n) is 6.69. The molecule has 0 bridgehead atoms. The van der Waals surface area contributed by atoms with Gasteiger partial charge in [-0.05, 0) is 28.2 Å². The second-order valence-electron chi connectivity index (χ2n) is 9.18. The van der Waals surface area contributed by atoms with Gasteiger partial charge in [0.15, 0.2) is 0 Å². The molecule has 1 aliphatic heterocycles. The van der Waals surface area contributed by atoms with E-state index < -0.39 is 29.6 Å². The number of alkyl carbamates (subject to hydrolysis) is 1. The van der Waals surface area contributed by atoms with Crippen molar-refractivity contribution in [3.8, 4) is 11.1 Å². The van der Waals surface area contributed by atoms with Crippen molar-refractivity contribution in [3.05, 3.63) is 59.7 Å². The Kier molecular flexibility index (Phi) is 6.88. The van der Waals surface area contributed by atoms with E-state index in [1.807, 2.05) is 36.4 Å². The fourth-order valence-corrected chi connectivity index (χ4v) is 4.75. The molecule has 0 spiro atoms. The lowest BCUT2D eigenvalue weighted by atomic mass is 9.88. The molecule has 180 valence electrons. The minimum absolute atomic E-state index is 0.102. The summed E-state index contributed by atoms with van der Waals surface area (Å²) in [5.74, 6) is -2.07. The summed E-state index contributed by atoms with van der Waals surface area (Å²) < 4.78 is 11.0. The van der Waals surface area contributed by atoms with E-state index in [9.17, 15) is 19.5 Å². The lowest BCUT2D eigenvalue weighted by Gasteiger charge is -2.37. The molecule has 1 saturated heterocycles. The molecule has 4 rings (SSSR count). The number of carbonyl (C=O) groups is 3. The smallest absolute Gasteiger partial charge is 0.408 e. The van der Waals surface area contributed by atoms with Crippen LogP contribution in [0.3, 0.4) is 0 Å². The fourth-order valence-electron chi connectivity index (χ4n) is 4.75. The van der Waals surface area contributed by atoms with Crippen LogP contribution in [0.25, 0.3) is 11.1 Å². The molecule has 8 nitrogen and oxygen atoms in total. The highest BCUT2D eigenvalue weighted by Crippen LogP contribution is 2.44. The number of carboxylic acids is 1. The van der Waals surface area contributed by atoms with Gasteiger partial charge in [0, 0.05) is 32.0 Å². The van der Waals surface area contributed by atoms with Crippen LogP contribution >= 0.6 is 0 Å². The van der Waals surface area contributed by atoms with Crippen LogP contribution in [0.15, 0.2) is 48.5 Å². The molecule has 2 amide bonds. The van der Waals surface area contributed by atoms with E-state index in [1.54, 1.807) is 13.8 Å². The SMILES string of the molecule is CC(C)C(NC(=O)C1(NC(=O)OCC2c3ccccc3-c3ccccc32)CCOCC1)C(=O)O. The number of fused-ring (bicyclic) bond motifs is 3. The van der Waals surface area contributed by atoms with Gasteiger partial charge >= 0.3 is 12.1 Å². The summed E-state index contributed by atoms with van der Waals surface area (Å²) in [4.78, 5) is 37.6. The summed E-state index contributed by atoms with van der Waals surface area (Å²) >= 11 is 0. The summed E-state index contributed by atoms with van der Waals surface area (Å²) in [6, 6.07) is 15.0. The van der Waals surface area contributed by atoms with Gasteiger partial charge in [-0.2, -0.15) is 0 Å². The summed E-state index contributed by atoms with van der Waals surface area (Å²) in [5, 5.41) is 14.8. The summed E-state index contributed by atoms with van der Waals surface area (Å²) in [6.45, 7) is 4.11. The monoisotopic (exact) mass is 466 g/mol. The average molecular weight is 467 g/mol. The van der Waals surface area contributed by atoms with Gasteiger partial charge in [0.1, 0.15) is 18.2 Å². The standard InChI is InChI=1S/C26H30N2O6/c1-16(2)22(23(29)30)27-24(31)26(11-13-33-14-12-26)28-25(32)34-15-21-19-9-5-3-7-17(19)18-8-4-6-10-20(18)21/h3-10,16,21-22H,11-15H2,1-2H3,(H,27,31)(H,28,32)(H,29,30). The van der Waals surface area contributed by atoms with Crippen molar-refractivity contribution in [2.75, 3.05) is 19.8 Å². The van der Waals surface area contributed by atoms with Gasteiger partial charge in [0.2, 0.25) is 5.91 Å². The Morgan fingerprint density at radius 1 is 1.03 bits per heavy atom. The summed E-state index contributed by atoms with van der Waals surface area (Å²) in [7, 11) is 0. The quantitative estimate of drug-likeness (QED) is 0.577. The molecule has 0 aromatic heterocycles. The number of amides is 2. The number of rotatable bonds is 7. The van der Waals surface area contributed by atoms with Crippen molar-refractivity contribution in [2.24, 2.45) is 5.92 Å². The molecule has 8 heteroatoms. The maximum atomic E-state index is 13.2. The minimum Gasteiger partial charge on any atom is -0.480 e. The van der Waals surface area contributed by atoms with Gasteiger partial charge in [0.05, 0.1) is 0 Å². The predicted octanol–water partition coefficient (Wildman–Crippen LogP) is 3.30. The molecular formula is C26H30N2O6. The van der Waals surface area contributed by atoms with E-state index in [2.05, 4.69) is 22.8 Å². The maximum absolute atomic E-state index is 13.2. The number of hydrogen-bond donors (Lipinski definition) is 3. The highest BCUT2D eigenvalue weighted by Gasteiger charge is 2.44. The van der Waals surface area contributed by atoms with Crippen molar-refractivity contribution in [1.29, 1.82) is 0 Å². The zero-order valence-corrected chi connectivity index (χ0v) is 19.4. The van der Waals surface area contributed by atoms with E-state index in [4.69, 9.17) is 9.47 Å². The number of nitrogens with one attached hydrogen (secondary N) is 2. The van der Waals surface area contributed by atoms with Crippen LogP contribution in [-0.2, 0) is 19.1 Å². The molecule has 2 aliphatic rings.